The van der Waals surface area contributed by atoms with E-state index in [1.54, 1.807) is 6.07 Å². The Morgan fingerprint density at radius 2 is 2.37 bits per heavy atom. The number of hydrogen-bond donors (Lipinski definition) is 1. The van der Waals surface area contributed by atoms with Crippen LogP contribution in [0.5, 0.6) is 0 Å². The lowest BCUT2D eigenvalue weighted by atomic mass is 10.1. The second-order valence-corrected chi connectivity index (χ2v) is 4.88. The zero-order valence-corrected chi connectivity index (χ0v) is 10.9. The Bertz CT molecular complexity index is 464. The number of carbonyl (C=O) groups is 1. The molecule has 0 aliphatic carbocycles. The number of likely N-dealkylation sites (tertiary alicyclic amines) is 1. The summed E-state index contributed by atoms with van der Waals surface area (Å²) >= 11 is 0. The zero-order valence-electron chi connectivity index (χ0n) is 10.9. The molecular weight excluding hydrogens is 249 g/mol. The van der Waals surface area contributed by atoms with Crippen molar-refractivity contribution in [3.05, 3.63) is 35.1 Å². The highest BCUT2D eigenvalue weighted by Crippen LogP contribution is 2.19. The molecule has 1 atom stereocenters. The largest absolute Gasteiger partial charge is 0.465 e. The number of hydrogen-bond acceptors (Lipinski definition) is 4. The van der Waals surface area contributed by atoms with Crippen LogP contribution in [-0.4, -0.2) is 42.8 Å². The van der Waals surface area contributed by atoms with Crippen LogP contribution in [0.2, 0.25) is 0 Å². The molecule has 0 saturated carbocycles. The topological polar surface area (TPSA) is 49.8 Å². The van der Waals surface area contributed by atoms with Crippen LogP contribution in [-0.2, 0) is 11.3 Å². The molecule has 0 aromatic heterocycles. The average molecular weight is 267 g/mol. The average Bonchev–Trinajstić information content (AvgIpc) is 2.86. The number of methoxy groups -OCH3 is 1. The zero-order chi connectivity index (χ0) is 13.8. The second kappa shape index (κ2) is 6.12. The molecule has 1 saturated heterocycles. The molecule has 0 amide bonds. The van der Waals surface area contributed by atoms with E-state index in [0.29, 0.717) is 12.5 Å². The van der Waals surface area contributed by atoms with E-state index in [-0.39, 0.29) is 12.2 Å². The minimum absolute atomic E-state index is 0.0408. The van der Waals surface area contributed by atoms with Gasteiger partial charge < -0.3 is 9.84 Å². The molecule has 5 heteroatoms. The first-order valence-corrected chi connectivity index (χ1v) is 6.34. The number of aliphatic hydroxyl groups is 1. The van der Waals surface area contributed by atoms with Crippen LogP contribution in [0, 0.1) is 11.7 Å². The summed E-state index contributed by atoms with van der Waals surface area (Å²) in [7, 11) is 1.23. The number of rotatable bonds is 4. The maximum atomic E-state index is 13.7. The Balaban J connectivity index is 2.02. The Morgan fingerprint density at radius 1 is 1.58 bits per heavy atom. The van der Waals surface area contributed by atoms with Crippen molar-refractivity contribution >= 4 is 5.97 Å². The van der Waals surface area contributed by atoms with Crippen LogP contribution in [0.15, 0.2) is 18.2 Å². The highest BCUT2D eigenvalue weighted by atomic mass is 19.1. The van der Waals surface area contributed by atoms with Gasteiger partial charge in [0.25, 0.3) is 0 Å². The normalized spacial score (nSPS) is 19.6. The second-order valence-electron chi connectivity index (χ2n) is 4.88. The lowest BCUT2D eigenvalue weighted by Crippen LogP contribution is -2.21. The molecule has 2 rings (SSSR count). The van der Waals surface area contributed by atoms with Gasteiger partial charge in [-0.25, -0.2) is 9.18 Å². The van der Waals surface area contributed by atoms with Crippen LogP contribution in [0.4, 0.5) is 4.39 Å². The van der Waals surface area contributed by atoms with Gasteiger partial charge >= 0.3 is 5.97 Å². The van der Waals surface area contributed by atoms with Crippen LogP contribution < -0.4 is 0 Å². The summed E-state index contributed by atoms with van der Waals surface area (Å²) in [6.07, 6.45) is 0.971. The molecule has 1 fully saturated rings. The number of ether oxygens (including phenoxy) is 1. The first kappa shape index (κ1) is 14.0. The van der Waals surface area contributed by atoms with Crippen molar-refractivity contribution in [2.45, 2.75) is 13.0 Å². The van der Waals surface area contributed by atoms with Gasteiger partial charge in [-0.3, -0.25) is 4.90 Å². The predicted molar refractivity (Wildman–Crippen MR) is 68.2 cm³/mol. The molecule has 1 aromatic carbocycles. The molecule has 104 valence electrons. The Kier molecular flexibility index (Phi) is 4.50. The highest BCUT2D eigenvalue weighted by Gasteiger charge is 2.22. The van der Waals surface area contributed by atoms with Crippen LogP contribution in [0.1, 0.15) is 22.3 Å². The molecule has 0 bridgehead atoms. The van der Waals surface area contributed by atoms with E-state index in [4.69, 9.17) is 5.11 Å². The SMILES string of the molecule is COC(=O)c1ccc(CN2CCC(CO)C2)cc1F. The monoisotopic (exact) mass is 267 g/mol. The molecule has 1 heterocycles. The van der Waals surface area contributed by atoms with E-state index in [2.05, 4.69) is 9.64 Å². The predicted octanol–water partition coefficient (Wildman–Crippen LogP) is 1.43. The van der Waals surface area contributed by atoms with Crippen molar-refractivity contribution in [2.24, 2.45) is 5.92 Å². The Hall–Kier alpha value is -1.46. The van der Waals surface area contributed by atoms with E-state index < -0.39 is 11.8 Å². The molecule has 1 aromatic rings. The van der Waals surface area contributed by atoms with E-state index >= 15 is 0 Å². The first-order chi connectivity index (χ1) is 9.13. The van der Waals surface area contributed by atoms with E-state index in [1.165, 1.54) is 19.2 Å². The highest BCUT2D eigenvalue weighted by molar-refractivity contribution is 5.89. The Labute approximate surface area is 111 Å². The van der Waals surface area contributed by atoms with Crippen LogP contribution in [0.25, 0.3) is 0 Å². The fraction of sp³-hybridized carbons (Fsp3) is 0.500. The summed E-state index contributed by atoms with van der Waals surface area (Å²) in [6.45, 7) is 2.57. The van der Waals surface area contributed by atoms with E-state index in [9.17, 15) is 9.18 Å². The van der Waals surface area contributed by atoms with Gasteiger partial charge in [-0.1, -0.05) is 6.07 Å². The summed E-state index contributed by atoms with van der Waals surface area (Å²) in [5.74, 6) is -0.896. The first-order valence-electron chi connectivity index (χ1n) is 6.34. The van der Waals surface area contributed by atoms with Crippen molar-refractivity contribution in [3.63, 3.8) is 0 Å². The minimum Gasteiger partial charge on any atom is -0.465 e. The lowest BCUT2D eigenvalue weighted by molar-refractivity contribution is 0.0595. The Morgan fingerprint density at radius 3 is 2.95 bits per heavy atom. The van der Waals surface area contributed by atoms with Crippen molar-refractivity contribution in [1.82, 2.24) is 4.90 Å². The summed E-state index contributed by atoms with van der Waals surface area (Å²) in [4.78, 5) is 13.4. The maximum Gasteiger partial charge on any atom is 0.340 e. The van der Waals surface area contributed by atoms with Crippen molar-refractivity contribution < 1.29 is 19.0 Å². The van der Waals surface area contributed by atoms with Crippen LogP contribution >= 0.6 is 0 Å². The molecule has 4 nitrogen and oxygen atoms in total. The fourth-order valence-corrected chi connectivity index (χ4v) is 2.40. The third-order valence-electron chi connectivity index (χ3n) is 3.47. The van der Waals surface area contributed by atoms with Crippen LogP contribution in [0.3, 0.4) is 0 Å². The van der Waals surface area contributed by atoms with Gasteiger partial charge in [0.2, 0.25) is 0 Å². The fourth-order valence-electron chi connectivity index (χ4n) is 2.40. The summed E-state index contributed by atoms with van der Waals surface area (Å²) in [5, 5.41) is 9.08. The molecule has 0 radical (unpaired) electrons. The molecule has 0 spiro atoms. The lowest BCUT2D eigenvalue weighted by Gasteiger charge is -2.16. The van der Waals surface area contributed by atoms with Gasteiger partial charge in [-0.15, -0.1) is 0 Å². The molecule has 1 N–H and O–H groups in total. The third-order valence-corrected chi connectivity index (χ3v) is 3.47. The summed E-state index contributed by atoms with van der Waals surface area (Å²) in [6, 6.07) is 4.57. The smallest absolute Gasteiger partial charge is 0.340 e. The van der Waals surface area contributed by atoms with Gasteiger partial charge in [0.1, 0.15) is 5.82 Å². The van der Waals surface area contributed by atoms with Gasteiger partial charge in [-0.2, -0.15) is 0 Å². The standard InChI is InChI=1S/C14H18FNO3/c1-19-14(18)12-3-2-10(6-13(12)15)7-16-5-4-11(8-16)9-17/h2-3,6,11,17H,4-5,7-9H2,1H3. The van der Waals surface area contributed by atoms with Gasteiger partial charge in [-0.05, 0) is 36.6 Å². The quantitative estimate of drug-likeness (QED) is 0.838. The number of halogens is 1. The molecular formula is C14H18FNO3. The third kappa shape index (κ3) is 3.30. The maximum absolute atomic E-state index is 13.7. The minimum atomic E-state index is -0.662. The molecule has 19 heavy (non-hydrogen) atoms. The van der Waals surface area contributed by atoms with Gasteiger partial charge in [0, 0.05) is 19.7 Å². The molecule has 1 aliphatic heterocycles. The van der Waals surface area contributed by atoms with Gasteiger partial charge in [0.05, 0.1) is 12.7 Å². The molecule has 1 aliphatic rings. The number of nitrogens with zero attached hydrogens (tertiary/aromatic N) is 1. The number of esters is 1. The van der Waals surface area contributed by atoms with Crippen molar-refractivity contribution in [2.75, 3.05) is 26.8 Å². The number of carbonyl (C=O) groups excluding carboxylic acids is 1. The van der Waals surface area contributed by atoms with E-state index in [0.717, 1.165) is 25.1 Å². The summed E-state index contributed by atoms with van der Waals surface area (Å²) in [5.41, 5.74) is 0.782. The summed E-state index contributed by atoms with van der Waals surface area (Å²) < 4.78 is 18.2. The van der Waals surface area contributed by atoms with Gasteiger partial charge in [0.15, 0.2) is 0 Å². The number of aliphatic hydroxyl groups excluding tert-OH is 1. The molecule has 1 unspecified atom stereocenters. The van der Waals surface area contributed by atoms with E-state index in [1.807, 2.05) is 0 Å². The van der Waals surface area contributed by atoms with Crippen molar-refractivity contribution in [1.29, 1.82) is 0 Å². The van der Waals surface area contributed by atoms with Crippen molar-refractivity contribution in [3.8, 4) is 0 Å². The number of benzene rings is 1.